The molecule has 0 radical (unpaired) electrons. The summed E-state index contributed by atoms with van der Waals surface area (Å²) < 4.78 is 40.6. The summed E-state index contributed by atoms with van der Waals surface area (Å²) in [5.41, 5.74) is -0.105. The Morgan fingerprint density at radius 3 is 2.72 bits per heavy atom. The second-order valence-electron chi connectivity index (χ2n) is 3.25. The van der Waals surface area contributed by atoms with Crippen LogP contribution in [0.2, 0.25) is 0 Å². The zero-order chi connectivity index (χ0) is 13.8. The molecule has 1 rings (SSSR count). The minimum absolute atomic E-state index is 0.105. The number of amides is 1. The highest BCUT2D eigenvalue weighted by atomic mass is 19.4. The number of alkyl halides is 3. The number of nitrogens with zero attached hydrogens (tertiary/aromatic N) is 2. The van der Waals surface area contributed by atoms with Gasteiger partial charge in [-0.25, -0.2) is 10.0 Å². The Morgan fingerprint density at radius 1 is 1.50 bits per heavy atom. The van der Waals surface area contributed by atoms with Crippen LogP contribution in [0, 0.1) is 0 Å². The smallest absolute Gasteiger partial charge is 0.422 e. The minimum Gasteiger partial charge on any atom is -0.467 e. The van der Waals surface area contributed by atoms with Crippen molar-refractivity contribution >= 4 is 5.91 Å². The number of ether oxygens (including phenoxy) is 1. The van der Waals surface area contributed by atoms with Gasteiger partial charge in [0.05, 0.1) is 7.11 Å². The predicted molar refractivity (Wildman–Crippen MR) is 54.9 cm³/mol. The molecule has 8 heteroatoms. The zero-order valence-corrected chi connectivity index (χ0v) is 9.69. The maximum atomic E-state index is 12.0. The number of carbonyl (C=O) groups excluding carboxylic acids is 1. The molecule has 1 amide bonds. The van der Waals surface area contributed by atoms with Gasteiger partial charge in [-0.2, -0.15) is 13.2 Å². The molecule has 0 fully saturated rings. The molecule has 0 unspecified atom stereocenters. The standard InChI is InChI=1S/C10H11F3N2O3/c1-15(17-2)9(16)7-4-3-5-14-8(7)18-6-10(11,12)13/h3-5H,6H2,1-2H3. The summed E-state index contributed by atoms with van der Waals surface area (Å²) in [6, 6.07) is 2.72. The van der Waals surface area contributed by atoms with Gasteiger partial charge >= 0.3 is 6.18 Å². The lowest BCUT2D eigenvalue weighted by Gasteiger charge is -2.16. The van der Waals surface area contributed by atoms with E-state index in [0.717, 1.165) is 5.06 Å². The van der Waals surface area contributed by atoms with Crippen LogP contribution >= 0.6 is 0 Å². The Hall–Kier alpha value is -1.83. The summed E-state index contributed by atoms with van der Waals surface area (Å²) in [5, 5.41) is 0.859. The average Bonchev–Trinajstić information content (AvgIpc) is 2.34. The van der Waals surface area contributed by atoms with Gasteiger partial charge in [0, 0.05) is 13.2 Å². The zero-order valence-electron chi connectivity index (χ0n) is 9.69. The molecule has 1 aromatic rings. The van der Waals surface area contributed by atoms with E-state index in [-0.39, 0.29) is 11.4 Å². The van der Waals surface area contributed by atoms with Crippen LogP contribution in [-0.4, -0.2) is 42.9 Å². The summed E-state index contributed by atoms with van der Waals surface area (Å²) >= 11 is 0. The summed E-state index contributed by atoms with van der Waals surface area (Å²) in [4.78, 5) is 20.0. The molecule has 5 nitrogen and oxygen atoms in total. The number of rotatable bonds is 4. The molecule has 0 aliphatic heterocycles. The molecule has 0 aliphatic rings. The Bertz CT molecular complexity index is 423. The van der Waals surface area contributed by atoms with Crippen molar-refractivity contribution in [1.29, 1.82) is 0 Å². The fourth-order valence-corrected chi connectivity index (χ4v) is 1.07. The van der Waals surface area contributed by atoms with E-state index in [2.05, 4.69) is 14.6 Å². The van der Waals surface area contributed by atoms with Crippen LogP contribution in [-0.2, 0) is 4.84 Å². The van der Waals surface area contributed by atoms with Crippen molar-refractivity contribution in [3.8, 4) is 5.88 Å². The highest BCUT2D eigenvalue weighted by Gasteiger charge is 2.30. The van der Waals surface area contributed by atoms with Crippen LogP contribution in [0.25, 0.3) is 0 Å². The van der Waals surface area contributed by atoms with Crippen LogP contribution in [0.5, 0.6) is 5.88 Å². The third-order valence-corrected chi connectivity index (χ3v) is 1.93. The number of carbonyl (C=O) groups is 1. The normalized spacial score (nSPS) is 11.2. The van der Waals surface area contributed by atoms with Crippen molar-refractivity contribution in [3.63, 3.8) is 0 Å². The topological polar surface area (TPSA) is 51.7 Å². The first-order chi connectivity index (χ1) is 8.35. The van der Waals surface area contributed by atoms with Crippen LogP contribution in [0.15, 0.2) is 18.3 Å². The molecule has 1 heterocycles. The SMILES string of the molecule is CON(C)C(=O)c1cccnc1OCC(F)(F)F. The van der Waals surface area contributed by atoms with Crippen molar-refractivity contribution < 1.29 is 27.5 Å². The monoisotopic (exact) mass is 264 g/mol. The van der Waals surface area contributed by atoms with Gasteiger partial charge in [0.15, 0.2) is 6.61 Å². The van der Waals surface area contributed by atoms with Crippen LogP contribution in [0.4, 0.5) is 13.2 Å². The van der Waals surface area contributed by atoms with Gasteiger partial charge in [-0.3, -0.25) is 9.63 Å². The lowest BCUT2D eigenvalue weighted by molar-refractivity contribution is -0.154. The van der Waals surface area contributed by atoms with Crippen molar-refractivity contribution in [3.05, 3.63) is 23.9 Å². The van der Waals surface area contributed by atoms with Crippen molar-refractivity contribution in [2.75, 3.05) is 20.8 Å². The maximum absolute atomic E-state index is 12.0. The highest BCUT2D eigenvalue weighted by Crippen LogP contribution is 2.20. The molecular formula is C10H11F3N2O3. The molecule has 100 valence electrons. The fourth-order valence-electron chi connectivity index (χ4n) is 1.07. The number of hydrogen-bond acceptors (Lipinski definition) is 4. The van der Waals surface area contributed by atoms with Crippen molar-refractivity contribution in [1.82, 2.24) is 10.0 Å². The number of halogens is 3. The first kappa shape index (κ1) is 14.2. The molecule has 0 saturated heterocycles. The first-order valence-corrected chi connectivity index (χ1v) is 4.82. The van der Waals surface area contributed by atoms with Gasteiger partial charge in [0.1, 0.15) is 5.56 Å². The third-order valence-electron chi connectivity index (χ3n) is 1.93. The van der Waals surface area contributed by atoms with Crippen molar-refractivity contribution in [2.45, 2.75) is 6.18 Å². The van der Waals surface area contributed by atoms with Crippen molar-refractivity contribution in [2.24, 2.45) is 0 Å². The van der Waals surface area contributed by atoms with Crippen LogP contribution in [0.1, 0.15) is 10.4 Å². The maximum Gasteiger partial charge on any atom is 0.422 e. The first-order valence-electron chi connectivity index (χ1n) is 4.82. The van der Waals surface area contributed by atoms with E-state index in [1.54, 1.807) is 0 Å². The lowest BCUT2D eigenvalue weighted by Crippen LogP contribution is -2.27. The quantitative estimate of drug-likeness (QED) is 0.776. The number of aromatic nitrogens is 1. The van der Waals surface area contributed by atoms with E-state index in [0.29, 0.717) is 0 Å². The van der Waals surface area contributed by atoms with Gasteiger partial charge in [-0.05, 0) is 12.1 Å². The molecule has 0 bridgehead atoms. The molecule has 1 aromatic heterocycles. The van der Waals surface area contributed by atoms with E-state index in [9.17, 15) is 18.0 Å². The number of hydroxylamine groups is 2. The summed E-state index contributed by atoms with van der Waals surface area (Å²) in [6.07, 6.45) is -3.26. The Labute approximate surface area is 101 Å². The van der Waals surface area contributed by atoms with E-state index in [4.69, 9.17) is 0 Å². The fraction of sp³-hybridized carbons (Fsp3) is 0.400. The Kier molecular flexibility index (Phi) is 4.49. The van der Waals surface area contributed by atoms with Gasteiger partial charge < -0.3 is 4.74 Å². The molecule has 0 saturated carbocycles. The summed E-state index contributed by atoms with van der Waals surface area (Å²) in [6.45, 7) is -1.51. The van der Waals surface area contributed by atoms with E-state index in [1.807, 2.05) is 0 Å². The predicted octanol–water partition coefficient (Wildman–Crippen LogP) is 1.66. The lowest BCUT2D eigenvalue weighted by atomic mass is 10.2. The van der Waals surface area contributed by atoms with Gasteiger partial charge in [-0.1, -0.05) is 0 Å². The molecule has 0 aliphatic carbocycles. The second-order valence-corrected chi connectivity index (χ2v) is 3.25. The average molecular weight is 264 g/mol. The Balaban J connectivity index is 2.89. The van der Waals surface area contributed by atoms with E-state index >= 15 is 0 Å². The summed E-state index contributed by atoms with van der Waals surface area (Å²) in [7, 11) is 2.58. The highest BCUT2D eigenvalue weighted by molar-refractivity contribution is 5.95. The largest absolute Gasteiger partial charge is 0.467 e. The molecule has 18 heavy (non-hydrogen) atoms. The third kappa shape index (κ3) is 3.88. The van der Waals surface area contributed by atoms with E-state index < -0.39 is 18.7 Å². The molecule has 0 atom stereocenters. The molecule has 0 spiro atoms. The number of pyridine rings is 1. The second kappa shape index (κ2) is 5.67. The van der Waals surface area contributed by atoms with E-state index in [1.165, 1.54) is 32.5 Å². The van der Waals surface area contributed by atoms with Crippen LogP contribution < -0.4 is 4.74 Å². The number of hydrogen-bond donors (Lipinski definition) is 0. The van der Waals surface area contributed by atoms with Gasteiger partial charge in [0.2, 0.25) is 5.88 Å². The molecular weight excluding hydrogens is 253 g/mol. The van der Waals surface area contributed by atoms with Gasteiger partial charge in [-0.15, -0.1) is 0 Å². The summed E-state index contributed by atoms with van der Waals surface area (Å²) in [5.74, 6) is -1.04. The minimum atomic E-state index is -4.50. The molecule has 0 aromatic carbocycles. The Morgan fingerprint density at radius 2 is 2.17 bits per heavy atom. The van der Waals surface area contributed by atoms with Gasteiger partial charge in [0.25, 0.3) is 5.91 Å². The molecule has 0 N–H and O–H groups in total. The van der Waals surface area contributed by atoms with Crippen LogP contribution in [0.3, 0.4) is 0 Å².